The molecule has 0 spiro atoms. The number of aryl methyl sites for hydroxylation is 1. The largest absolute Gasteiger partial charge is 0.393 e. The third kappa shape index (κ3) is 3.17. The molecule has 2 N–H and O–H groups in total. The number of hydrogen-bond donors (Lipinski definition) is 2. The predicted octanol–water partition coefficient (Wildman–Crippen LogP) is 2.86. The smallest absolute Gasteiger partial charge is 0.223 e. The molecule has 2 atom stereocenters. The molecular formula is C18H24N2O2. The Hall–Kier alpha value is -1.81. The molecule has 3 rings (SSSR count). The highest BCUT2D eigenvalue weighted by Crippen LogP contribution is 2.24. The van der Waals surface area contributed by atoms with Gasteiger partial charge in [-0.1, -0.05) is 18.2 Å². The molecule has 1 aromatic heterocycles. The number of para-hydroxylation sites is 1. The standard InChI is InChI=1S/C18H24N2O2/c1-13(21)11-15-5-4-10-20(15)18(22)9-8-14-12-19-17-7-3-2-6-16(14)17/h2-3,6-7,12-13,15,19,21H,4-5,8-11H2,1H3. The molecule has 1 saturated heterocycles. The van der Waals surface area contributed by atoms with Gasteiger partial charge >= 0.3 is 0 Å². The summed E-state index contributed by atoms with van der Waals surface area (Å²) in [6.07, 6.45) is 5.74. The van der Waals surface area contributed by atoms with E-state index in [9.17, 15) is 9.90 Å². The van der Waals surface area contributed by atoms with E-state index in [1.807, 2.05) is 23.2 Å². The maximum atomic E-state index is 12.5. The number of aromatic amines is 1. The molecule has 1 amide bonds. The summed E-state index contributed by atoms with van der Waals surface area (Å²) >= 11 is 0. The molecule has 0 bridgehead atoms. The van der Waals surface area contributed by atoms with E-state index in [4.69, 9.17) is 0 Å². The number of benzene rings is 1. The van der Waals surface area contributed by atoms with Crippen LogP contribution < -0.4 is 0 Å². The minimum absolute atomic E-state index is 0.216. The molecular weight excluding hydrogens is 276 g/mol. The lowest BCUT2D eigenvalue weighted by molar-refractivity contribution is -0.132. The van der Waals surface area contributed by atoms with E-state index in [0.717, 1.165) is 31.3 Å². The van der Waals surface area contributed by atoms with Crippen molar-refractivity contribution >= 4 is 16.8 Å². The van der Waals surface area contributed by atoms with Crippen LogP contribution in [0.2, 0.25) is 0 Å². The Balaban J connectivity index is 1.62. The molecule has 0 saturated carbocycles. The van der Waals surface area contributed by atoms with E-state index in [2.05, 4.69) is 17.1 Å². The van der Waals surface area contributed by atoms with Gasteiger partial charge < -0.3 is 15.0 Å². The molecule has 118 valence electrons. The molecule has 4 nitrogen and oxygen atoms in total. The number of nitrogens with one attached hydrogen (secondary N) is 1. The molecule has 1 fully saturated rings. The maximum Gasteiger partial charge on any atom is 0.223 e. The van der Waals surface area contributed by atoms with Crippen molar-refractivity contribution in [1.82, 2.24) is 9.88 Å². The van der Waals surface area contributed by atoms with Gasteiger partial charge in [-0.05, 0) is 44.2 Å². The Morgan fingerprint density at radius 3 is 3.09 bits per heavy atom. The summed E-state index contributed by atoms with van der Waals surface area (Å²) in [4.78, 5) is 17.7. The number of carbonyl (C=O) groups is 1. The van der Waals surface area contributed by atoms with Gasteiger partial charge in [0.25, 0.3) is 0 Å². The zero-order valence-electron chi connectivity index (χ0n) is 13.1. The van der Waals surface area contributed by atoms with Gasteiger partial charge in [0, 0.05) is 36.1 Å². The Morgan fingerprint density at radius 2 is 2.27 bits per heavy atom. The van der Waals surface area contributed by atoms with E-state index >= 15 is 0 Å². The van der Waals surface area contributed by atoms with Crippen LogP contribution in [0.25, 0.3) is 10.9 Å². The number of aliphatic hydroxyl groups is 1. The highest BCUT2D eigenvalue weighted by Gasteiger charge is 2.29. The third-order valence-electron chi connectivity index (χ3n) is 4.59. The van der Waals surface area contributed by atoms with E-state index < -0.39 is 0 Å². The highest BCUT2D eigenvalue weighted by molar-refractivity contribution is 5.84. The van der Waals surface area contributed by atoms with Crippen molar-refractivity contribution in [2.75, 3.05) is 6.54 Å². The third-order valence-corrected chi connectivity index (χ3v) is 4.59. The molecule has 2 aromatic rings. The number of aromatic nitrogens is 1. The van der Waals surface area contributed by atoms with Crippen LogP contribution in [-0.2, 0) is 11.2 Å². The second kappa shape index (κ2) is 6.53. The predicted molar refractivity (Wildman–Crippen MR) is 87.7 cm³/mol. The number of hydrogen-bond acceptors (Lipinski definition) is 2. The monoisotopic (exact) mass is 300 g/mol. The summed E-state index contributed by atoms with van der Waals surface area (Å²) in [6, 6.07) is 8.41. The fraction of sp³-hybridized carbons (Fsp3) is 0.500. The van der Waals surface area contributed by atoms with Crippen molar-refractivity contribution in [3.63, 3.8) is 0 Å². The average Bonchev–Trinajstić information content (AvgIpc) is 3.11. The topological polar surface area (TPSA) is 56.3 Å². The normalized spacial score (nSPS) is 19.7. The summed E-state index contributed by atoms with van der Waals surface area (Å²) in [6.45, 7) is 2.64. The van der Waals surface area contributed by atoms with Gasteiger partial charge in [-0.2, -0.15) is 0 Å². The van der Waals surface area contributed by atoms with E-state index in [1.54, 1.807) is 6.92 Å². The molecule has 1 aliphatic heterocycles. The number of amides is 1. The van der Waals surface area contributed by atoms with E-state index in [1.165, 1.54) is 10.9 Å². The molecule has 0 radical (unpaired) electrons. The minimum atomic E-state index is -0.341. The van der Waals surface area contributed by atoms with Crippen LogP contribution in [0.15, 0.2) is 30.5 Å². The second-order valence-electron chi connectivity index (χ2n) is 6.33. The molecule has 0 aliphatic carbocycles. The fourth-order valence-electron chi connectivity index (χ4n) is 3.53. The number of H-pyrrole nitrogens is 1. The van der Waals surface area contributed by atoms with Crippen molar-refractivity contribution < 1.29 is 9.90 Å². The molecule has 1 aliphatic rings. The summed E-state index contributed by atoms with van der Waals surface area (Å²) in [5.74, 6) is 0.216. The van der Waals surface area contributed by atoms with Gasteiger partial charge in [-0.25, -0.2) is 0 Å². The summed E-state index contributed by atoms with van der Waals surface area (Å²) in [5.41, 5.74) is 2.33. The number of nitrogens with zero attached hydrogens (tertiary/aromatic N) is 1. The minimum Gasteiger partial charge on any atom is -0.393 e. The van der Waals surface area contributed by atoms with Gasteiger partial charge in [-0.3, -0.25) is 4.79 Å². The van der Waals surface area contributed by atoms with Crippen molar-refractivity contribution in [3.8, 4) is 0 Å². The Kier molecular flexibility index (Phi) is 4.48. The van der Waals surface area contributed by atoms with Gasteiger partial charge in [0.15, 0.2) is 0 Å². The first-order valence-corrected chi connectivity index (χ1v) is 8.17. The van der Waals surface area contributed by atoms with Gasteiger partial charge in [0.05, 0.1) is 6.10 Å². The lowest BCUT2D eigenvalue weighted by Crippen LogP contribution is -2.37. The Morgan fingerprint density at radius 1 is 1.45 bits per heavy atom. The van der Waals surface area contributed by atoms with Crippen molar-refractivity contribution in [2.24, 2.45) is 0 Å². The summed E-state index contributed by atoms with van der Waals surface area (Å²) in [5, 5.41) is 10.8. The van der Waals surface area contributed by atoms with E-state index in [-0.39, 0.29) is 18.1 Å². The lowest BCUT2D eigenvalue weighted by Gasteiger charge is -2.25. The molecule has 2 unspecified atom stereocenters. The molecule has 4 heteroatoms. The van der Waals surface area contributed by atoms with Crippen LogP contribution in [0.3, 0.4) is 0 Å². The van der Waals surface area contributed by atoms with E-state index in [0.29, 0.717) is 12.8 Å². The van der Waals surface area contributed by atoms with Crippen LogP contribution in [0.5, 0.6) is 0 Å². The lowest BCUT2D eigenvalue weighted by atomic mass is 10.1. The Labute approximate surface area is 131 Å². The van der Waals surface area contributed by atoms with Gasteiger partial charge in [0.2, 0.25) is 5.91 Å². The zero-order valence-corrected chi connectivity index (χ0v) is 13.1. The van der Waals surface area contributed by atoms with Gasteiger partial charge in [-0.15, -0.1) is 0 Å². The van der Waals surface area contributed by atoms with Crippen molar-refractivity contribution in [1.29, 1.82) is 0 Å². The fourth-order valence-corrected chi connectivity index (χ4v) is 3.53. The quantitative estimate of drug-likeness (QED) is 0.892. The number of fused-ring (bicyclic) bond motifs is 1. The first-order chi connectivity index (χ1) is 10.6. The number of carbonyl (C=O) groups excluding carboxylic acids is 1. The average molecular weight is 300 g/mol. The van der Waals surface area contributed by atoms with Crippen LogP contribution >= 0.6 is 0 Å². The van der Waals surface area contributed by atoms with Crippen LogP contribution in [0.4, 0.5) is 0 Å². The summed E-state index contributed by atoms with van der Waals surface area (Å²) in [7, 11) is 0. The maximum absolute atomic E-state index is 12.5. The van der Waals surface area contributed by atoms with Crippen molar-refractivity contribution in [2.45, 2.75) is 51.2 Å². The summed E-state index contributed by atoms with van der Waals surface area (Å²) < 4.78 is 0. The first kappa shape index (κ1) is 15.1. The van der Waals surface area contributed by atoms with Gasteiger partial charge in [0.1, 0.15) is 0 Å². The molecule has 1 aromatic carbocycles. The van der Waals surface area contributed by atoms with Crippen LogP contribution in [-0.4, -0.2) is 39.6 Å². The number of aliphatic hydroxyl groups excluding tert-OH is 1. The molecule has 22 heavy (non-hydrogen) atoms. The van der Waals surface area contributed by atoms with Crippen LogP contribution in [0, 0.1) is 0 Å². The second-order valence-corrected chi connectivity index (χ2v) is 6.33. The Bertz CT molecular complexity index is 647. The van der Waals surface area contributed by atoms with Crippen molar-refractivity contribution in [3.05, 3.63) is 36.0 Å². The molecule has 2 heterocycles. The highest BCUT2D eigenvalue weighted by atomic mass is 16.3. The zero-order chi connectivity index (χ0) is 15.5. The van der Waals surface area contributed by atoms with Crippen LogP contribution in [0.1, 0.15) is 38.2 Å². The SMILES string of the molecule is CC(O)CC1CCCN1C(=O)CCc1c[nH]c2ccccc12. The number of rotatable bonds is 5. The first-order valence-electron chi connectivity index (χ1n) is 8.17. The number of likely N-dealkylation sites (tertiary alicyclic amines) is 1.